The zero-order valence-corrected chi connectivity index (χ0v) is 20.8. The first-order valence-electron chi connectivity index (χ1n) is 12.8. The molecule has 0 spiro atoms. The molecule has 178 valence electrons. The molecule has 6 aromatic carbocycles. The molecule has 0 aliphatic heterocycles. The Kier molecular flexibility index (Phi) is 4.44. The number of aryl methyl sites for hydroxylation is 1. The van der Waals surface area contributed by atoms with E-state index in [2.05, 4.69) is 116 Å². The van der Waals surface area contributed by atoms with Gasteiger partial charge in [-0.15, -0.1) is 0 Å². The lowest BCUT2D eigenvalue weighted by molar-refractivity contribution is 0.667. The first kappa shape index (κ1) is 21.1. The van der Waals surface area contributed by atoms with Crippen molar-refractivity contribution in [2.75, 3.05) is 0 Å². The second kappa shape index (κ2) is 7.99. The summed E-state index contributed by atoms with van der Waals surface area (Å²) in [6.45, 7) is 2.09. The number of hydrogen-bond acceptors (Lipinski definition) is 3. The monoisotopic (exact) mass is 486 g/mol. The highest BCUT2D eigenvalue weighted by atomic mass is 16.3. The lowest BCUT2D eigenvalue weighted by Gasteiger charge is -2.13. The van der Waals surface area contributed by atoms with Crippen LogP contribution in [-0.4, -0.2) is 9.97 Å². The number of fused-ring (bicyclic) bond motifs is 9. The molecule has 0 saturated heterocycles. The lowest BCUT2D eigenvalue weighted by Crippen LogP contribution is -1.94. The fourth-order valence-electron chi connectivity index (χ4n) is 5.87. The van der Waals surface area contributed by atoms with Crippen molar-refractivity contribution in [3.8, 4) is 22.4 Å². The Morgan fingerprint density at radius 2 is 1.03 bits per heavy atom. The standard InChI is InChI=1S/C35H22N2O/c1-21-10-8-17-29-30-19-9-18-28(35(30)38-34(21)29)24-13-2-5-14-25(24)31-20-36-32-26-15-6-3-11-22(26)23-12-4-7-16-27(23)33(32)37-31/h2-20H,1H3. The van der Waals surface area contributed by atoms with E-state index in [1.807, 2.05) is 6.20 Å². The van der Waals surface area contributed by atoms with Crippen LogP contribution in [0.25, 0.3) is 76.9 Å². The SMILES string of the molecule is Cc1cccc2c1oc1c(-c3ccccc3-c3cnc4c5ccccc5c5ccccc5c4n3)cccc12. The van der Waals surface area contributed by atoms with Crippen molar-refractivity contribution < 1.29 is 4.42 Å². The molecule has 0 saturated carbocycles. The molecule has 0 bridgehead atoms. The highest BCUT2D eigenvalue weighted by Crippen LogP contribution is 2.41. The van der Waals surface area contributed by atoms with Crippen molar-refractivity contribution >= 4 is 54.5 Å². The maximum atomic E-state index is 6.50. The molecule has 3 heteroatoms. The summed E-state index contributed by atoms with van der Waals surface area (Å²) >= 11 is 0. The summed E-state index contributed by atoms with van der Waals surface area (Å²) in [5.41, 5.74) is 8.83. The van der Waals surface area contributed by atoms with E-state index in [4.69, 9.17) is 14.4 Å². The second-order valence-corrected chi connectivity index (χ2v) is 9.83. The predicted octanol–water partition coefficient (Wildman–Crippen LogP) is 9.48. The second-order valence-electron chi connectivity index (χ2n) is 9.83. The molecule has 38 heavy (non-hydrogen) atoms. The summed E-state index contributed by atoms with van der Waals surface area (Å²) in [7, 11) is 0. The predicted molar refractivity (Wildman–Crippen MR) is 157 cm³/mol. The van der Waals surface area contributed by atoms with Crippen LogP contribution in [0, 0.1) is 6.92 Å². The Hall–Kier alpha value is -5.02. The molecule has 0 aliphatic rings. The third kappa shape index (κ3) is 2.96. The summed E-state index contributed by atoms with van der Waals surface area (Å²) in [4.78, 5) is 10.2. The van der Waals surface area contributed by atoms with Gasteiger partial charge in [0.25, 0.3) is 0 Å². The number of benzene rings is 6. The number of aromatic nitrogens is 2. The molecule has 0 N–H and O–H groups in total. The van der Waals surface area contributed by atoms with Crippen LogP contribution in [0.15, 0.2) is 120 Å². The number of para-hydroxylation sites is 2. The Bertz CT molecular complexity index is 2170. The molecule has 0 fully saturated rings. The molecule has 0 atom stereocenters. The van der Waals surface area contributed by atoms with Gasteiger partial charge in [0.2, 0.25) is 0 Å². The minimum absolute atomic E-state index is 0.845. The van der Waals surface area contributed by atoms with Crippen LogP contribution in [0.5, 0.6) is 0 Å². The summed E-state index contributed by atoms with van der Waals surface area (Å²) < 4.78 is 6.50. The summed E-state index contributed by atoms with van der Waals surface area (Å²) in [5, 5.41) is 6.89. The molecule has 0 aliphatic carbocycles. The zero-order valence-electron chi connectivity index (χ0n) is 20.8. The number of nitrogens with zero attached hydrogens (tertiary/aromatic N) is 2. The van der Waals surface area contributed by atoms with E-state index in [0.29, 0.717) is 0 Å². The van der Waals surface area contributed by atoms with Crippen LogP contribution in [0.2, 0.25) is 0 Å². The van der Waals surface area contributed by atoms with Crippen molar-refractivity contribution in [1.82, 2.24) is 9.97 Å². The molecule has 8 aromatic rings. The van der Waals surface area contributed by atoms with Crippen LogP contribution in [0.3, 0.4) is 0 Å². The zero-order chi connectivity index (χ0) is 25.2. The molecule has 0 unspecified atom stereocenters. The molecule has 8 rings (SSSR count). The van der Waals surface area contributed by atoms with Gasteiger partial charge < -0.3 is 4.42 Å². The highest BCUT2D eigenvalue weighted by Gasteiger charge is 2.18. The first-order chi connectivity index (χ1) is 18.8. The van der Waals surface area contributed by atoms with Crippen molar-refractivity contribution in [2.45, 2.75) is 6.92 Å². The molecule has 0 amide bonds. The van der Waals surface area contributed by atoms with Crippen LogP contribution in [0.4, 0.5) is 0 Å². The highest BCUT2D eigenvalue weighted by molar-refractivity contribution is 6.23. The number of rotatable bonds is 2. The number of furan rings is 1. The van der Waals surface area contributed by atoms with Gasteiger partial charge in [-0.25, -0.2) is 4.98 Å². The van der Waals surface area contributed by atoms with Gasteiger partial charge in [-0.05, 0) is 28.8 Å². The van der Waals surface area contributed by atoms with E-state index in [1.54, 1.807) is 0 Å². The van der Waals surface area contributed by atoms with Crippen LogP contribution in [-0.2, 0) is 0 Å². The quantitative estimate of drug-likeness (QED) is 0.228. The molecular weight excluding hydrogens is 464 g/mol. The van der Waals surface area contributed by atoms with Crippen molar-refractivity contribution in [1.29, 1.82) is 0 Å². The third-order valence-electron chi connectivity index (χ3n) is 7.64. The van der Waals surface area contributed by atoms with Gasteiger partial charge in [0, 0.05) is 32.7 Å². The third-order valence-corrected chi connectivity index (χ3v) is 7.64. The van der Waals surface area contributed by atoms with Crippen molar-refractivity contribution in [3.05, 3.63) is 121 Å². The Balaban J connectivity index is 1.42. The van der Waals surface area contributed by atoms with E-state index in [-0.39, 0.29) is 0 Å². The first-order valence-corrected chi connectivity index (χ1v) is 12.8. The number of hydrogen-bond donors (Lipinski definition) is 0. The average molecular weight is 487 g/mol. The van der Waals surface area contributed by atoms with Gasteiger partial charge in [-0.1, -0.05) is 109 Å². The van der Waals surface area contributed by atoms with Gasteiger partial charge in [-0.2, -0.15) is 0 Å². The van der Waals surface area contributed by atoms with Crippen molar-refractivity contribution in [3.63, 3.8) is 0 Å². The van der Waals surface area contributed by atoms with Crippen LogP contribution < -0.4 is 0 Å². The van der Waals surface area contributed by atoms with Gasteiger partial charge in [0.05, 0.1) is 22.9 Å². The van der Waals surface area contributed by atoms with Crippen LogP contribution in [0.1, 0.15) is 5.56 Å². The maximum absolute atomic E-state index is 6.50. The largest absolute Gasteiger partial charge is 0.455 e. The van der Waals surface area contributed by atoms with E-state index in [0.717, 1.165) is 71.7 Å². The summed E-state index contributed by atoms with van der Waals surface area (Å²) in [6, 6.07) is 38.0. The minimum atomic E-state index is 0.845. The summed E-state index contributed by atoms with van der Waals surface area (Å²) in [6.07, 6.45) is 1.91. The Morgan fingerprint density at radius 1 is 0.474 bits per heavy atom. The molecule has 2 aromatic heterocycles. The van der Waals surface area contributed by atoms with E-state index >= 15 is 0 Å². The minimum Gasteiger partial charge on any atom is -0.455 e. The average Bonchev–Trinajstić information content (AvgIpc) is 3.37. The van der Waals surface area contributed by atoms with Gasteiger partial charge in [-0.3, -0.25) is 4.98 Å². The fraction of sp³-hybridized carbons (Fsp3) is 0.0286. The summed E-state index contributed by atoms with van der Waals surface area (Å²) in [5.74, 6) is 0. The Morgan fingerprint density at radius 3 is 1.79 bits per heavy atom. The maximum Gasteiger partial charge on any atom is 0.143 e. The topological polar surface area (TPSA) is 38.9 Å². The normalized spacial score (nSPS) is 11.8. The molecule has 3 nitrogen and oxygen atoms in total. The van der Waals surface area contributed by atoms with Crippen molar-refractivity contribution in [2.24, 2.45) is 0 Å². The van der Waals surface area contributed by atoms with E-state index < -0.39 is 0 Å². The van der Waals surface area contributed by atoms with E-state index in [9.17, 15) is 0 Å². The van der Waals surface area contributed by atoms with Gasteiger partial charge in [0.1, 0.15) is 11.2 Å². The van der Waals surface area contributed by atoms with Crippen LogP contribution >= 0.6 is 0 Å². The lowest BCUT2D eigenvalue weighted by atomic mass is 9.95. The Labute approximate surface area is 219 Å². The van der Waals surface area contributed by atoms with Gasteiger partial charge >= 0.3 is 0 Å². The smallest absolute Gasteiger partial charge is 0.143 e. The molecule has 0 radical (unpaired) electrons. The molecule has 2 heterocycles. The fourth-order valence-corrected chi connectivity index (χ4v) is 5.87. The molecular formula is C35H22N2O. The van der Waals surface area contributed by atoms with Gasteiger partial charge in [0.15, 0.2) is 0 Å². The van der Waals surface area contributed by atoms with E-state index in [1.165, 1.54) is 10.8 Å².